The fourth-order valence-corrected chi connectivity index (χ4v) is 3.86. The molecule has 4 aromatic rings. The molecule has 29 heavy (non-hydrogen) atoms. The van der Waals surface area contributed by atoms with Gasteiger partial charge in [-0.1, -0.05) is 49.7 Å². The number of aryl methyl sites for hydroxylation is 2. The summed E-state index contributed by atoms with van der Waals surface area (Å²) >= 11 is 0. The molecule has 0 bridgehead atoms. The van der Waals surface area contributed by atoms with Crippen molar-refractivity contribution >= 4 is 17.0 Å². The van der Waals surface area contributed by atoms with Gasteiger partial charge in [0.25, 0.3) is 0 Å². The van der Waals surface area contributed by atoms with E-state index in [-0.39, 0.29) is 0 Å². The molecule has 4 rings (SSSR count). The number of unbranched alkanes of at least 4 members (excludes halogenated alkanes) is 1. The van der Waals surface area contributed by atoms with Crippen molar-refractivity contribution in [2.45, 2.75) is 33.1 Å². The first-order valence-electron chi connectivity index (χ1n) is 10.00. The van der Waals surface area contributed by atoms with Crippen LogP contribution in [0.2, 0.25) is 0 Å². The minimum atomic E-state index is -0.911. The van der Waals surface area contributed by atoms with Gasteiger partial charge in [-0.3, -0.25) is 4.57 Å². The summed E-state index contributed by atoms with van der Waals surface area (Å²) in [5.41, 5.74) is 6.18. The van der Waals surface area contributed by atoms with Crippen LogP contribution in [0.25, 0.3) is 27.8 Å². The first-order valence-corrected chi connectivity index (χ1v) is 10.00. The molecule has 0 spiro atoms. The Hall–Kier alpha value is -3.40. The van der Waals surface area contributed by atoms with E-state index in [1.807, 2.05) is 43.3 Å². The summed E-state index contributed by atoms with van der Waals surface area (Å²) < 4.78 is 2.23. The number of imidazole rings is 1. The summed E-state index contributed by atoms with van der Waals surface area (Å²) in [6, 6.07) is 21.5. The topological polar surface area (TPSA) is 55.1 Å². The predicted octanol–water partition coefficient (Wildman–Crippen LogP) is 6.04. The summed E-state index contributed by atoms with van der Waals surface area (Å²) in [7, 11) is 0. The van der Waals surface area contributed by atoms with Gasteiger partial charge >= 0.3 is 5.97 Å². The maximum atomic E-state index is 11.6. The molecule has 1 heterocycles. The van der Waals surface area contributed by atoms with Crippen molar-refractivity contribution < 1.29 is 9.90 Å². The molecule has 0 radical (unpaired) electrons. The number of rotatable bonds is 6. The Kier molecular flexibility index (Phi) is 5.17. The molecule has 4 nitrogen and oxygen atoms in total. The van der Waals surface area contributed by atoms with Crippen LogP contribution in [0.1, 0.15) is 41.5 Å². The molecule has 1 N–H and O–H groups in total. The van der Waals surface area contributed by atoms with Gasteiger partial charge in [-0.25, -0.2) is 9.78 Å². The molecule has 3 aromatic carbocycles. The van der Waals surface area contributed by atoms with Crippen LogP contribution in [0.15, 0.2) is 66.7 Å². The Morgan fingerprint density at radius 2 is 1.76 bits per heavy atom. The Labute approximate surface area is 170 Å². The Morgan fingerprint density at radius 3 is 2.52 bits per heavy atom. The van der Waals surface area contributed by atoms with Crippen LogP contribution in [0.5, 0.6) is 0 Å². The van der Waals surface area contributed by atoms with Gasteiger partial charge < -0.3 is 5.11 Å². The smallest absolute Gasteiger partial charge is 0.336 e. The molecule has 146 valence electrons. The average molecular weight is 384 g/mol. The zero-order valence-electron chi connectivity index (χ0n) is 16.7. The van der Waals surface area contributed by atoms with E-state index < -0.39 is 5.97 Å². The second kappa shape index (κ2) is 7.92. The number of aromatic nitrogens is 2. The molecule has 4 heteroatoms. The quantitative estimate of drug-likeness (QED) is 0.441. The summed E-state index contributed by atoms with van der Waals surface area (Å²) in [6.45, 7) is 4.22. The van der Waals surface area contributed by atoms with E-state index in [1.54, 1.807) is 12.1 Å². The number of para-hydroxylation sites is 2. The Morgan fingerprint density at radius 1 is 1.00 bits per heavy atom. The van der Waals surface area contributed by atoms with Crippen molar-refractivity contribution in [3.63, 3.8) is 0 Å². The van der Waals surface area contributed by atoms with Gasteiger partial charge in [0, 0.05) is 12.1 Å². The zero-order chi connectivity index (χ0) is 20.4. The molecule has 0 aliphatic rings. The summed E-state index contributed by atoms with van der Waals surface area (Å²) in [5, 5.41) is 9.55. The molecule has 0 aliphatic carbocycles. The van der Waals surface area contributed by atoms with Crippen LogP contribution < -0.4 is 0 Å². The fourth-order valence-electron chi connectivity index (χ4n) is 3.86. The average Bonchev–Trinajstić information content (AvgIpc) is 3.10. The predicted molar refractivity (Wildman–Crippen MR) is 117 cm³/mol. The monoisotopic (exact) mass is 384 g/mol. The molecular weight excluding hydrogens is 360 g/mol. The molecule has 0 atom stereocenters. The van der Waals surface area contributed by atoms with Gasteiger partial charge in [-0.15, -0.1) is 0 Å². The zero-order valence-corrected chi connectivity index (χ0v) is 16.7. The maximum Gasteiger partial charge on any atom is 0.336 e. The SMILES string of the molecule is CCCCc1nc2ccccc2n1-c1ccc(-c2ccccc2C(=O)O)c(C)c1. The molecule has 1 aromatic heterocycles. The largest absolute Gasteiger partial charge is 0.478 e. The minimum absolute atomic E-state index is 0.320. The van der Waals surface area contributed by atoms with Gasteiger partial charge in [0.2, 0.25) is 0 Å². The lowest BCUT2D eigenvalue weighted by atomic mass is 9.95. The van der Waals surface area contributed by atoms with E-state index in [9.17, 15) is 9.90 Å². The Balaban J connectivity index is 1.85. The van der Waals surface area contributed by atoms with Crippen LogP contribution in [0, 0.1) is 6.92 Å². The first kappa shape index (κ1) is 18.9. The lowest BCUT2D eigenvalue weighted by Gasteiger charge is -2.14. The third-order valence-corrected chi connectivity index (χ3v) is 5.30. The highest BCUT2D eigenvalue weighted by molar-refractivity contribution is 5.96. The van der Waals surface area contributed by atoms with E-state index >= 15 is 0 Å². The first-order chi connectivity index (χ1) is 14.1. The van der Waals surface area contributed by atoms with Crippen molar-refractivity contribution in [3.05, 3.63) is 83.7 Å². The standard InChI is InChI=1S/C25H24N2O2/c1-3-4-13-24-26-22-11-7-8-12-23(22)27(24)18-14-15-19(17(2)16-18)20-9-5-6-10-21(20)25(28)29/h5-12,14-16H,3-4,13H2,1-2H3,(H,28,29). The van der Waals surface area contributed by atoms with E-state index in [1.165, 1.54) is 0 Å². The number of benzene rings is 3. The summed E-state index contributed by atoms with van der Waals surface area (Å²) in [6.07, 6.45) is 3.13. The number of carbonyl (C=O) groups is 1. The highest BCUT2D eigenvalue weighted by Gasteiger charge is 2.15. The third kappa shape index (κ3) is 3.54. The number of nitrogens with zero attached hydrogens (tertiary/aromatic N) is 2. The highest BCUT2D eigenvalue weighted by atomic mass is 16.4. The van der Waals surface area contributed by atoms with E-state index in [0.717, 1.165) is 58.5 Å². The molecule has 0 unspecified atom stereocenters. The number of carboxylic acid groups (broad SMARTS) is 1. The molecule has 0 saturated heterocycles. The minimum Gasteiger partial charge on any atom is -0.478 e. The lowest BCUT2D eigenvalue weighted by molar-refractivity contribution is 0.0697. The third-order valence-electron chi connectivity index (χ3n) is 5.30. The van der Waals surface area contributed by atoms with Crippen LogP contribution in [0.4, 0.5) is 0 Å². The van der Waals surface area contributed by atoms with Crippen LogP contribution in [-0.4, -0.2) is 20.6 Å². The normalized spacial score (nSPS) is 11.1. The summed E-state index contributed by atoms with van der Waals surface area (Å²) in [5.74, 6) is 0.151. The van der Waals surface area contributed by atoms with Crippen LogP contribution >= 0.6 is 0 Å². The van der Waals surface area contributed by atoms with Crippen molar-refractivity contribution in [2.24, 2.45) is 0 Å². The maximum absolute atomic E-state index is 11.6. The van der Waals surface area contributed by atoms with Crippen molar-refractivity contribution in [3.8, 4) is 16.8 Å². The van der Waals surface area contributed by atoms with Gasteiger partial charge in [0.15, 0.2) is 0 Å². The molecule has 0 amide bonds. The number of fused-ring (bicyclic) bond motifs is 1. The highest BCUT2D eigenvalue weighted by Crippen LogP contribution is 2.30. The van der Waals surface area contributed by atoms with E-state index in [2.05, 4.69) is 29.7 Å². The van der Waals surface area contributed by atoms with Crippen molar-refractivity contribution in [1.29, 1.82) is 0 Å². The van der Waals surface area contributed by atoms with Crippen molar-refractivity contribution in [2.75, 3.05) is 0 Å². The number of hydrogen-bond donors (Lipinski definition) is 1. The second-order valence-corrected chi connectivity index (χ2v) is 7.31. The van der Waals surface area contributed by atoms with Crippen molar-refractivity contribution in [1.82, 2.24) is 9.55 Å². The molecule has 0 saturated carbocycles. The van der Waals surface area contributed by atoms with Gasteiger partial charge in [-0.05, 0) is 60.4 Å². The second-order valence-electron chi connectivity index (χ2n) is 7.31. The lowest BCUT2D eigenvalue weighted by Crippen LogP contribution is -2.03. The van der Waals surface area contributed by atoms with E-state index in [4.69, 9.17) is 4.98 Å². The molecule has 0 aliphatic heterocycles. The van der Waals surface area contributed by atoms with Gasteiger partial charge in [0.1, 0.15) is 5.82 Å². The number of aromatic carboxylic acids is 1. The number of carboxylic acids is 1. The van der Waals surface area contributed by atoms with Gasteiger partial charge in [-0.2, -0.15) is 0 Å². The molecular formula is C25H24N2O2. The van der Waals surface area contributed by atoms with Crippen LogP contribution in [0.3, 0.4) is 0 Å². The summed E-state index contributed by atoms with van der Waals surface area (Å²) in [4.78, 5) is 16.5. The van der Waals surface area contributed by atoms with E-state index in [0.29, 0.717) is 5.56 Å². The molecule has 0 fully saturated rings. The van der Waals surface area contributed by atoms with Gasteiger partial charge in [0.05, 0.1) is 16.6 Å². The number of hydrogen-bond acceptors (Lipinski definition) is 2. The van der Waals surface area contributed by atoms with Crippen LogP contribution in [-0.2, 0) is 6.42 Å². The Bertz CT molecular complexity index is 1190. The fraction of sp³-hybridized carbons (Fsp3) is 0.200.